The smallest absolute Gasteiger partial charge is 0.304 e. The topological polar surface area (TPSA) is 81.0 Å². The molecule has 1 fully saturated rings. The van der Waals surface area contributed by atoms with Crippen molar-refractivity contribution in [2.24, 2.45) is 0 Å². The number of phenolic OH excluding ortho intramolecular Hbond substituents is 2. The highest BCUT2D eigenvalue weighted by Gasteiger charge is 2.32. The molecule has 0 aliphatic carbocycles. The Labute approximate surface area is 112 Å². The molecule has 0 radical (unpaired) electrons. The highest BCUT2D eigenvalue weighted by atomic mass is 16.4. The molecule has 0 spiro atoms. The fraction of sp³-hybridized carbons (Fsp3) is 0.500. The maximum atomic E-state index is 10.9. The predicted molar refractivity (Wildman–Crippen MR) is 70.2 cm³/mol. The lowest BCUT2D eigenvalue weighted by molar-refractivity contribution is -0.138. The van der Waals surface area contributed by atoms with Gasteiger partial charge in [0.15, 0.2) is 0 Å². The second-order valence-electron chi connectivity index (χ2n) is 5.02. The third kappa shape index (κ3) is 2.81. The minimum absolute atomic E-state index is 0.0356. The number of hydrogen-bond donors (Lipinski definition) is 3. The van der Waals surface area contributed by atoms with Crippen molar-refractivity contribution in [3.63, 3.8) is 0 Å². The van der Waals surface area contributed by atoms with Gasteiger partial charge >= 0.3 is 5.97 Å². The minimum Gasteiger partial charge on any atom is -0.507 e. The van der Waals surface area contributed by atoms with E-state index in [4.69, 9.17) is 5.11 Å². The third-order valence-corrected chi connectivity index (χ3v) is 3.81. The number of aromatic hydroxyl groups is 2. The maximum absolute atomic E-state index is 10.9. The number of phenols is 2. The van der Waals surface area contributed by atoms with Crippen molar-refractivity contribution in [2.75, 3.05) is 6.54 Å². The van der Waals surface area contributed by atoms with E-state index in [2.05, 4.69) is 0 Å². The molecule has 104 valence electrons. The number of nitrogens with zero attached hydrogens (tertiary/aromatic N) is 1. The summed E-state index contributed by atoms with van der Waals surface area (Å²) < 4.78 is 0. The Kier molecular flexibility index (Phi) is 3.95. The first-order valence-corrected chi connectivity index (χ1v) is 6.49. The van der Waals surface area contributed by atoms with Crippen molar-refractivity contribution in [3.05, 3.63) is 23.8 Å². The van der Waals surface area contributed by atoms with Crippen LogP contribution in [0.1, 0.15) is 37.8 Å². The second-order valence-corrected chi connectivity index (χ2v) is 5.02. The molecule has 19 heavy (non-hydrogen) atoms. The van der Waals surface area contributed by atoms with E-state index in [0.717, 1.165) is 19.4 Å². The number of hydrogen-bond acceptors (Lipinski definition) is 4. The van der Waals surface area contributed by atoms with Gasteiger partial charge in [-0.1, -0.05) is 6.07 Å². The summed E-state index contributed by atoms with van der Waals surface area (Å²) in [5.41, 5.74) is 0.472. The number of benzene rings is 1. The Morgan fingerprint density at radius 2 is 2.05 bits per heavy atom. The van der Waals surface area contributed by atoms with Crippen LogP contribution in [0.5, 0.6) is 11.5 Å². The minimum atomic E-state index is -0.814. The summed E-state index contributed by atoms with van der Waals surface area (Å²) >= 11 is 0. The van der Waals surface area contributed by atoms with E-state index < -0.39 is 5.97 Å². The van der Waals surface area contributed by atoms with Gasteiger partial charge in [0.25, 0.3) is 0 Å². The van der Waals surface area contributed by atoms with Crippen molar-refractivity contribution in [1.82, 2.24) is 4.90 Å². The van der Waals surface area contributed by atoms with Crippen molar-refractivity contribution in [2.45, 2.75) is 38.3 Å². The monoisotopic (exact) mass is 265 g/mol. The zero-order chi connectivity index (χ0) is 14.0. The molecular formula is C14H19NO4. The van der Waals surface area contributed by atoms with Crippen LogP contribution in [-0.2, 0) is 4.79 Å². The van der Waals surface area contributed by atoms with Gasteiger partial charge in [0.2, 0.25) is 0 Å². The van der Waals surface area contributed by atoms with Gasteiger partial charge in [-0.25, -0.2) is 0 Å². The van der Waals surface area contributed by atoms with Crippen LogP contribution in [-0.4, -0.2) is 38.8 Å². The van der Waals surface area contributed by atoms with Crippen LogP contribution in [0.2, 0.25) is 0 Å². The SMILES string of the molecule is CC(c1c(O)cccc1O)N1CCCC1CC(=O)O. The summed E-state index contributed by atoms with van der Waals surface area (Å²) in [6.07, 6.45) is 1.88. The van der Waals surface area contributed by atoms with Crippen LogP contribution < -0.4 is 0 Å². The molecule has 0 amide bonds. The maximum Gasteiger partial charge on any atom is 0.304 e. The van der Waals surface area contributed by atoms with Gasteiger partial charge in [-0.3, -0.25) is 9.69 Å². The molecule has 1 aromatic carbocycles. The fourth-order valence-corrected chi connectivity index (χ4v) is 2.92. The van der Waals surface area contributed by atoms with Gasteiger partial charge in [-0.05, 0) is 38.4 Å². The molecule has 0 aromatic heterocycles. The molecule has 2 unspecified atom stereocenters. The zero-order valence-corrected chi connectivity index (χ0v) is 10.9. The molecule has 1 aliphatic heterocycles. The lowest BCUT2D eigenvalue weighted by Gasteiger charge is -2.30. The molecule has 1 heterocycles. The van der Waals surface area contributed by atoms with E-state index in [1.807, 2.05) is 11.8 Å². The second kappa shape index (κ2) is 5.48. The van der Waals surface area contributed by atoms with Gasteiger partial charge in [-0.15, -0.1) is 0 Å². The van der Waals surface area contributed by atoms with Gasteiger partial charge in [0, 0.05) is 12.1 Å². The van der Waals surface area contributed by atoms with E-state index in [1.54, 1.807) is 6.07 Å². The Morgan fingerprint density at radius 3 is 2.63 bits per heavy atom. The Bertz CT molecular complexity index is 454. The van der Waals surface area contributed by atoms with Crippen molar-refractivity contribution < 1.29 is 20.1 Å². The first kappa shape index (κ1) is 13.7. The molecule has 5 heteroatoms. The fourth-order valence-electron chi connectivity index (χ4n) is 2.92. The Hall–Kier alpha value is -1.75. The van der Waals surface area contributed by atoms with Gasteiger partial charge in [-0.2, -0.15) is 0 Å². The quantitative estimate of drug-likeness (QED) is 0.776. The predicted octanol–water partition coefficient (Wildman–Crippen LogP) is 2.10. The lowest BCUT2D eigenvalue weighted by atomic mass is 10.0. The van der Waals surface area contributed by atoms with E-state index >= 15 is 0 Å². The summed E-state index contributed by atoms with van der Waals surface area (Å²) in [5.74, 6) is -0.715. The van der Waals surface area contributed by atoms with E-state index in [1.165, 1.54) is 12.1 Å². The van der Waals surface area contributed by atoms with E-state index in [9.17, 15) is 15.0 Å². The molecule has 0 bridgehead atoms. The summed E-state index contributed by atoms with van der Waals surface area (Å²) in [6, 6.07) is 4.42. The number of rotatable bonds is 4. The van der Waals surface area contributed by atoms with Gasteiger partial charge in [0.05, 0.1) is 12.0 Å². The number of carboxylic acid groups (broad SMARTS) is 1. The molecule has 3 N–H and O–H groups in total. The summed E-state index contributed by atoms with van der Waals surface area (Å²) in [4.78, 5) is 12.9. The summed E-state index contributed by atoms with van der Waals surface area (Å²) in [7, 11) is 0. The number of likely N-dealkylation sites (tertiary alicyclic amines) is 1. The van der Waals surface area contributed by atoms with Crippen LogP contribution in [0.4, 0.5) is 0 Å². The van der Waals surface area contributed by atoms with Gasteiger partial charge in [0.1, 0.15) is 11.5 Å². The molecule has 1 aromatic rings. The van der Waals surface area contributed by atoms with Crippen molar-refractivity contribution in [3.8, 4) is 11.5 Å². The molecular weight excluding hydrogens is 246 g/mol. The van der Waals surface area contributed by atoms with Crippen molar-refractivity contribution in [1.29, 1.82) is 0 Å². The zero-order valence-electron chi connectivity index (χ0n) is 10.9. The largest absolute Gasteiger partial charge is 0.507 e. The summed E-state index contributed by atoms with van der Waals surface area (Å²) in [6.45, 7) is 2.67. The molecule has 5 nitrogen and oxygen atoms in total. The van der Waals surface area contributed by atoms with Crippen molar-refractivity contribution >= 4 is 5.97 Å². The summed E-state index contributed by atoms with van der Waals surface area (Å²) in [5, 5.41) is 28.7. The number of carboxylic acids is 1. The van der Waals surface area contributed by atoms with Crippen LogP contribution in [0.15, 0.2) is 18.2 Å². The van der Waals surface area contributed by atoms with Gasteiger partial charge < -0.3 is 15.3 Å². The molecule has 1 aliphatic rings. The van der Waals surface area contributed by atoms with Crippen LogP contribution >= 0.6 is 0 Å². The average Bonchev–Trinajstić information content (AvgIpc) is 2.75. The Morgan fingerprint density at radius 1 is 1.42 bits per heavy atom. The van der Waals surface area contributed by atoms with Crippen LogP contribution in [0.25, 0.3) is 0 Å². The highest BCUT2D eigenvalue weighted by molar-refractivity contribution is 5.67. The first-order valence-electron chi connectivity index (χ1n) is 6.49. The first-order chi connectivity index (χ1) is 9.00. The molecule has 0 saturated carbocycles. The molecule has 2 atom stereocenters. The van der Waals surface area contributed by atoms with E-state index in [-0.39, 0.29) is 30.0 Å². The number of aliphatic carboxylic acids is 1. The van der Waals surface area contributed by atoms with Crippen LogP contribution in [0, 0.1) is 0 Å². The molecule has 1 saturated heterocycles. The normalized spacial score (nSPS) is 21.4. The lowest BCUT2D eigenvalue weighted by Crippen LogP contribution is -2.33. The number of carbonyl (C=O) groups is 1. The average molecular weight is 265 g/mol. The Balaban J connectivity index is 2.23. The van der Waals surface area contributed by atoms with E-state index in [0.29, 0.717) is 5.56 Å². The standard InChI is InChI=1S/C14H19NO4/c1-9(14-11(16)5-2-6-12(14)17)15-7-3-4-10(15)8-13(18)19/h2,5-6,9-10,16-17H,3-4,7-8H2,1H3,(H,18,19). The van der Waals surface area contributed by atoms with Crippen LogP contribution in [0.3, 0.4) is 0 Å². The molecule has 2 rings (SSSR count). The highest BCUT2D eigenvalue weighted by Crippen LogP contribution is 2.39. The third-order valence-electron chi connectivity index (χ3n) is 3.81.